The van der Waals surface area contributed by atoms with Crippen molar-refractivity contribution in [1.82, 2.24) is 20.4 Å². The van der Waals surface area contributed by atoms with Gasteiger partial charge in [0, 0.05) is 49.6 Å². The van der Waals surface area contributed by atoms with Crippen LogP contribution in [0.3, 0.4) is 0 Å². The molecule has 0 radical (unpaired) electrons. The fourth-order valence-electron chi connectivity index (χ4n) is 8.05. The van der Waals surface area contributed by atoms with Crippen LogP contribution >= 0.6 is 0 Å². The van der Waals surface area contributed by atoms with Crippen molar-refractivity contribution in [2.45, 2.75) is 50.1 Å². The van der Waals surface area contributed by atoms with Crippen molar-refractivity contribution in [1.29, 1.82) is 0 Å². The molecule has 4 aliphatic heterocycles. The summed E-state index contributed by atoms with van der Waals surface area (Å²) < 4.78 is 24.1. The smallest absolute Gasteiger partial charge is 0.238 e. The SMILES string of the molecule is COCOc1c([C@H]2NC(=O)[C@@H]3CCCN23)cc2ccccc2c1-c1c(OCOC)c([C@H]2NC(=O)[C@@H]3CCCN23)cc2ccccc12. The van der Waals surface area contributed by atoms with E-state index in [1.165, 1.54) is 0 Å². The quantitative estimate of drug-likeness (QED) is 0.257. The molecule has 4 aromatic carbocycles. The Morgan fingerprint density at radius 3 is 1.54 bits per heavy atom. The van der Waals surface area contributed by atoms with Crippen LogP contribution in [0.2, 0.25) is 0 Å². The molecule has 0 spiro atoms. The Balaban J connectivity index is 1.45. The number of hydrogen-bond donors (Lipinski definition) is 2. The van der Waals surface area contributed by atoms with Crippen molar-refractivity contribution in [3.05, 3.63) is 71.8 Å². The Bertz CT molecular complexity index is 1710. The summed E-state index contributed by atoms with van der Waals surface area (Å²) in [5.74, 6) is 1.34. The number of carbonyl (C=O) groups is 2. The largest absolute Gasteiger partial charge is 0.466 e. The molecule has 0 saturated carbocycles. The molecule has 8 rings (SSSR count). The maximum absolute atomic E-state index is 13.1. The normalized spacial score (nSPS) is 24.4. The fraction of sp³-hybridized carbons (Fsp3) is 0.389. The molecular weight excluding hydrogens is 584 g/mol. The Hall–Kier alpha value is -4.22. The van der Waals surface area contributed by atoms with Crippen LogP contribution in [0.25, 0.3) is 32.7 Å². The van der Waals surface area contributed by atoms with Crippen molar-refractivity contribution < 1.29 is 28.5 Å². The highest BCUT2D eigenvalue weighted by Gasteiger charge is 2.46. The monoisotopic (exact) mass is 622 g/mol. The predicted octanol–water partition coefficient (Wildman–Crippen LogP) is 4.81. The zero-order chi connectivity index (χ0) is 31.4. The zero-order valence-corrected chi connectivity index (χ0v) is 26.1. The van der Waals surface area contributed by atoms with Gasteiger partial charge in [-0.2, -0.15) is 0 Å². The summed E-state index contributed by atoms with van der Waals surface area (Å²) >= 11 is 0. The molecule has 4 heterocycles. The van der Waals surface area contributed by atoms with Gasteiger partial charge in [-0.15, -0.1) is 0 Å². The Labute approximate surface area is 267 Å². The number of nitrogens with one attached hydrogen (secondary N) is 2. The van der Waals surface area contributed by atoms with Gasteiger partial charge in [0.1, 0.15) is 23.8 Å². The van der Waals surface area contributed by atoms with Crippen LogP contribution in [0.4, 0.5) is 0 Å². The molecule has 10 nitrogen and oxygen atoms in total. The number of hydrogen-bond acceptors (Lipinski definition) is 8. The van der Waals surface area contributed by atoms with Crippen molar-refractivity contribution >= 4 is 33.4 Å². The van der Waals surface area contributed by atoms with E-state index in [1.54, 1.807) is 14.2 Å². The number of amides is 2. The molecule has 0 bridgehead atoms. The van der Waals surface area contributed by atoms with Crippen LogP contribution in [0.5, 0.6) is 11.5 Å². The second-order valence-electron chi connectivity index (χ2n) is 12.5. The highest BCUT2D eigenvalue weighted by atomic mass is 16.7. The van der Waals surface area contributed by atoms with Gasteiger partial charge in [-0.25, -0.2) is 0 Å². The first-order valence-electron chi connectivity index (χ1n) is 16.1. The van der Waals surface area contributed by atoms with E-state index in [4.69, 9.17) is 18.9 Å². The lowest BCUT2D eigenvalue weighted by Gasteiger charge is -2.29. The molecule has 4 aromatic rings. The highest BCUT2D eigenvalue weighted by molar-refractivity contribution is 6.11. The standard InChI is InChI=1S/C36H38N4O6/c1-43-19-45-31-25(33-37-35(41)27-13-7-15-39(27)33)17-21-9-3-5-11-23(21)29(31)30-24-12-6-4-10-22(24)18-26(32(30)46-20-44-2)34-38-36(42)28-14-8-16-40(28)34/h3-6,9-12,17-18,27-28,33-34H,7-8,13-16,19-20H2,1-2H3,(H,37,41)(H,38,42)/t27-,28-,33-,34-/m0/s1. The van der Waals surface area contributed by atoms with E-state index < -0.39 is 0 Å². The van der Waals surface area contributed by atoms with Crippen molar-refractivity contribution in [3.63, 3.8) is 0 Å². The van der Waals surface area contributed by atoms with Gasteiger partial charge >= 0.3 is 0 Å². The third-order valence-corrected chi connectivity index (χ3v) is 9.96. The molecule has 2 amide bonds. The number of fused-ring (bicyclic) bond motifs is 4. The summed E-state index contributed by atoms with van der Waals surface area (Å²) in [4.78, 5) is 30.8. The molecule has 0 unspecified atom stereocenters. The molecule has 2 N–H and O–H groups in total. The van der Waals surface area contributed by atoms with E-state index in [-0.39, 0.29) is 49.8 Å². The summed E-state index contributed by atoms with van der Waals surface area (Å²) in [7, 11) is 3.21. The minimum atomic E-state index is -0.354. The zero-order valence-electron chi connectivity index (χ0n) is 26.1. The summed E-state index contributed by atoms with van der Waals surface area (Å²) in [6.45, 7) is 1.67. The molecule has 46 heavy (non-hydrogen) atoms. The van der Waals surface area contributed by atoms with E-state index in [2.05, 4.69) is 56.8 Å². The molecule has 4 saturated heterocycles. The summed E-state index contributed by atoms with van der Waals surface area (Å²) in [6.07, 6.45) is 2.90. The Morgan fingerprint density at radius 2 is 1.11 bits per heavy atom. The molecule has 10 heteroatoms. The number of nitrogens with zero attached hydrogens (tertiary/aromatic N) is 2. The second kappa shape index (κ2) is 11.9. The average Bonchev–Trinajstić information content (AvgIpc) is 3.87. The minimum absolute atomic E-state index is 0.0163. The maximum atomic E-state index is 13.1. The third kappa shape index (κ3) is 4.62. The predicted molar refractivity (Wildman–Crippen MR) is 173 cm³/mol. The van der Waals surface area contributed by atoms with E-state index in [9.17, 15) is 9.59 Å². The maximum Gasteiger partial charge on any atom is 0.238 e. The lowest BCUT2D eigenvalue weighted by atomic mass is 9.87. The van der Waals surface area contributed by atoms with Crippen molar-refractivity contribution in [2.24, 2.45) is 0 Å². The highest BCUT2D eigenvalue weighted by Crippen LogP contribution is 2.52. The summed E-state index contributed by atoms with van der Waals surface area (Å²) in [6, 6.07) is 20.4. The van der Waals surface area contributed by atoms with Crippen LogP contribution in [0.15, 0.2) is 60.7 Å². The van der Waals surface area contributed by atoms with E-state index in [0.717, 1.165) is 82.6 Å². The lowest BCUT2D eigenvalue weighted by Crippen LogP contribution is -2.29. The lowest BCUT2D eigenvalue weighted by molar-refractivity contribution is -0.121. The van der Waals surface area contributed by atoms with Gasteiger partial charge in [0.25, 0.3) is 0 Å². The molecular formula is C36H38N4O6. The molecule has 4 fully saturated rings. The van der Waals surface area contributed by atoms with Gasteiger partial charge in [-0.3, -0.25) is 19.4 Å². The topological polar surface area (TPSA) is 102 Å². The fourth-order valence-corrected chi connectivity index (χ4v) is 8.05. The Morgan fingerprint density at radius 1 is 0.674 bits per heavy atom. The van der Waals surface area contributed by atoms with Gasteiger partial charge in [0.05, 0.1) is 12.1 Å². The number of rotatable bonds is 9. The van der Waals surface area contributed by atoms with E-state index >= 15 is 0 Å². The van der Waals surface area contributed by atoms with Gasteiger partial charge in [-0.05, 0) is 59.4 Å². The van der Waals surface area contributed by atoms with Crippen molar-refractivity contribution in [3.8, 4) is 22.6 Å². The first-order valence-corrected chi connectivity index (χ1v) is 16.1. The summed E-state index contributed by atoms with van der Waals surface area (Å²) in [5.41, 5.74) is 3.41. The third-order valence-electron chi connectivity index (χ3n) is 9.96. The van der Waals surface area contributed by atoms with E-state index in [0.29, 0.717) is 11.5 Å². The van der Waals surface area contributed by atoms with Gasteiger partial charge in [0.15, 0.2) is 13.6 Å². The second-order valence-corrected chi connectivity index (χ2v) is 12.5. The number of carbonyl (C=O) groups excluding carboxylic acids is 2. The van der Waals surface area contributed by atoms with Gasteiger partial charge < -0.3 is 29.6 Å². The van der Waals surface area contributed by atoms with Crippen LogP contribution in [0, 0.1) is 0 Å². The first kappa shape index (κ1) is 29.2. The van der Waals surface area contributed by atoms with Crippen LogP contribution in [-0.4, -0.2) is 74.6 Å². The Kier molecular flexibility index (Phi) is 7.53. The average molecular weight is 623 g/mol. The molecule has 0 aliphatic carbocycles. The van der Waals surface area contributed by atoms with Crippen LogP contribution < -0.4 is 20.1 Å². The van der Waals surface area contributed by atoms with Gasteiger partial charge in [-0.1, -0.05) is 48.5 Å². The minimum Gasteiger partial charge on any atom is -0.466 e. The summed E-state index contributed by atoms with van der Waals surface area (Å²) in [5, 5.41) is 10.5. The van der Waals surface area contributed by atoms with Crippen LogP contribution in [0.1, 0.15) is 49.1 Å². The van der Waals surface area contributed by atoms with E-state index in [1.807, 2.05) is 24.3 Å². The van der Waals surface area contributed by atoms with Crippen LogP contribution in [-0.2, 0) is 19.1 Å². The number of ether oxygens (including phenoxy) is 4. The molecule has 4 aliphatic rings. The van der Waals surface area contributed by atoms with Crippen molar-refractivity contribution in [2.75, 3.05) is 40.9 Å². The van der Waals surface area contributed by atoms with Gasteiger partial charge in [0.2, 0.25) is 11.8 Å². The molecule has 0 aromatic heterocycles. The number of methoxy groups -OCH3 is 2. The molecule has 4 atom stereocenters. The number of benzene rings is 4. The molecule has 238 valence electrons. The first-order chi connectivity index (χ1) is 22.6.